The van der Waals surface area contributed by atoms with E-state index in [9.17, 15) is 9.59 Å². The van der Waals surface area contributed by atoms with Crippen molar-refractivity contribution in [2.75, 3.05) is 7.11 Å². The van der Waals surface area contributed by atoms with Crippen LogP contribution < -0.4 is 10.3 Å². The highest BCUT2D eigenvalue weighted by atomic mass is 79.9. The van der Waals surface area contributed by atoms with Gasteiger partial charge in [0.15, 0.2) is 6.10 Å². The summed E-state index contributed by atoms with van der Waals surface area (Å²) in [5.74, 6) is 0.598. The van der Waals surface area contributed by atoms with Gasteiger partial charge in [0.2, 0.25) is 0 Å². The molecule has 7 nitrogen and oxygen atoms in total. The molecule has 2 aromatic carbocycles. The summed E-state index contributed by atoms with van der Waals surface area (Å²) in [6, 6.07) is 12.5. The maximum Gasteiger partial charge on any atom is 0.346 e. The van der Waals surface area contributed by atoms with Crippen LogP contribution in [0.1, 0.15) is 38.1 Å². The third kappa shape index (κ3) is 4.76. The van der Waals surface area contributed by atoms with Gasteiger partial charge in [-0.05, 0) is 42.8 Å². The van der Waals surface area contributed by atoms with E-state index < -0.39 is 12.1 Å². The summed E-state index contributed by atoms with van der Waals surface area (Å²) < 4.78 is 12.4. The summed E-state index contributed by atoms with van der Waals surface area (Å²) in [4.78, 5) is 29.2. The Kier molecular flexibility index (Phi) is 6.66. The number of rotatable bonds is 6. The van der Waals surface area contributed by atoms with Crippen molar-refractivity contribution in [2.24, 2.45) is 5.10 Å². The Morgan fingerprint density at radius 3 is 2.67 bits per heavy atom. The molecule has 30 heavy (non-hydrogen) atoms. The zero-order valence-corrected chi connectivity index (χ0v) is 18.7. The zero-order chi connectivity index (χ0) is 21.8. The van der Waals surface area contributed by atoms with E-state index >= 15 is 0 Å². The molecule has 3 aromatic rings. The van der Waals surface area contributed by atoms with Gasteiger partial charge in [0, 0.05) is 10.4 Å². The minimum atomic E-state index is -0.736. The van der Waals surface area contributed by atoms with Gasteiger partial charge < -0.3 is 9.47 Å². The zero-order valence-electron chi connectivity index (χ0n) is 17.1. The number of halogens is 1. The minimum absolute atomic E-state index is 0.00142. The van der Waals surface area contributed by atoms with E-state index in [1.165, 1.54) is 11.8 Å². The summed E-state index contributed by atoms with van der Waals surface area (Å²) in [6.45, 7) is 5.53. The topological polar surface area (TPSA) is 82.8 Å². The third-order valence-corrected chi connectivity index (χ3v) is 4.87. The van der Waals surface area contributed by atoms with Gasteiger partial charge in [-0.3, -0.25) is 4.79 Å². The third-order valence-electron chi connectivity index (χ3n) is 4.38. The second-order valence-corrected chi connectivity index (χ2v) is 7.92. The molecule has 0 bridgehead atoms. The first-order valence-electron chi connectivity index (χ1n) is 9.41. The molecule has 156 valence electrons. The van der Waals surface area contributed by atoms with Crippen LogP contribution in [-0.2, 0) is 9.53 Å². The number of carbonyl (C=O) groups is 1. The van der Waals surface area contributed by atoms with Gasteiger partial charge in [0.25, 0.3) is 5.56 Å². The first kappa shape index (κ1) is 21.7. The summed E-state index contributed by atoms with van der Waals surface area (Å²) in [7, 11) is 1.31. The molecule has 1 heterocycles. The molecule has 0 amide bonds. The van der Waals surface area contributed by atoms with E-state index in [0.29, 0.717) is 28.0 Å². The Morgan fingerprint density at radius 2 is 1.97 bits per heavy atom. The van der Waals surface area contributed by atoms with E-state index in [2.05, 4.69) is 30.8 Å². The maximum absolute atomic E-state index is 13.1. The van der Waals surface area contributed by atoms with E-state index in [1.54, 1.807) is 37.4 Å². The van der Waals surface area contributed by atoms with E-state index in [0.717, 1.165) is 4.47 Å². The summed E-state index contributed by atoms with van der Waals surface area (Å²) in [5.41, 5.74) is 1.10. The minimum Gasteiger partial charge on any atom is -0.479 e. The Hall–Kier alpha value is -3.00. The monoisotopic (exact) mass is 471 g/mol. The Labute approximate surface area is 182 Å². The normalized spacial score (nSPS) is 12.5. The highest BCUT2D eigenvalue weighted by molar-refractivity contribution is 9.10. The fraction of sp³-hybridized carbons (Fsp3) is 0.273. The highest BCUT2D eigenvalue weighted by Gasteiger charge is 2.15. The lowest BCUT2D eigenvalue weighted by atomic mass is 10.2. The average Bonchev–Trinajstić information content (AvgIpc) is 2.72. The number of hydrogen-bond acceptors (Lipinski definition) is 6. The molecular weight excluding hydrogens is 450 g/mol. The van der Waals surface area contributed by atoms with Gasteiger partial charge >= 0.3 is 5.97 Å². The van der Waals surface area contributed by atoms with E-state index in [4.69, 9.17) is 4.74 Å². The van der Waals surface area contributed by atoms with Gasteiger partial charge in [-0.2, -0.15) is 9.78 Å². The molecule has 0 N–H and O–H groups in total. The molecule has 0 saturated carbocycles. The van der Waals surface area contributed by atoms with Crippen molar-refractivity contribution in [2.45, 2.75) is 32.8 Å². The van der Waals surface area contributed by atoms with E-state index in [1.807, 2.05) is 32.0 Å². The quantitative estimate of drug-likeness (QED) is 0.399. The fourth-order valence-corrected chi connectivity index (χ4v) is 3.22. The summed E-state index contributed by atoms with van der Waals surface area (Å²) in [5, 5.41) is 4.88. The molecule has 0 fully saturated rings. The van der Waals surface area contributed by atoms with Crippen molar-refractivity contribution in [1.82, 2.24) is 9.66 Å². The maximum atomic E-state index is 13.1. The number of esters is 1. The number of nitrogens with zero attached hydrogens (tertiary/aromatic N) is 3. The van der Waals surface area contributed by atoms with Crippen molar-refractivity contribution < 1.29 is 14.3 Å². The molecule has 0 saturated heterocycles. The molecule has 3 rings (SSSR count). The number of ether oxygens (including phenoxy) is 2. The summed E-state index contributed by atoms with van der Waals surface area (Å²) >= 11 is 3.40. The molecule has 0 aliphatic rings. The Morgan fingerprint density at radius 1 is 1.20 bits per heavy atom. The number of hydrogen-bond donors (Lipinski definition) is 0. The van der Waals surface area contributed by atoms with Crippen LogP contribution in [0.3, 0.4) is 0 Å². The lowest BCUT2D eigenvalue weighted by Crippen LogP contribution is -2.24. The Bertz CT molecular complexity index is 1170. The largest absolute Gasteiger partial charge is 0.479 e. The number of aromatic nitrogens is 2. The van der Waals surface area contributed by atoms with Crippen molar-refractivity contribution in [1.29, 1.82) is 0 Å². The van der Waals surface area contributed by atoms with Crippen LogP contribution >= 0.6 is 15.9 Å². The second-order valence-electron chi connectivity index (χ2n) is 7.00. The van der Waals surface area contributed by atoms with Crippen LogP contribution in [0.25, 0.3) is 10.9 Å². The van der Waals surface area contributed by atoms with Crippen LogP contribution in [0, 0.1) is 0 Å². The molecular formula is C22H22BrN3O4. The fourth-order valence-electron chi connectivity index (χ4n) is 2.86. The predicted octanol–water partition coefficient (Wildman–Crippen LogP) is 4.10. The van der Waals surface area contributed by atoms with Gasteiger partial charge in [-0.15, -0.1) is 0 Å². The van der Waals surface area contributed by atoms with E-state index in [-0.39, 0.29) is 11.5 Å². The molecule has 1 aromatic heterocycles. The standard InChI is InChI=1S/C22H22BrN3O4/c1-13(2)20-25-19-9-8-16(23)11-18(19)21(27)26(20)24-12-15-6-5-7-17(10-15)30-14(3)22(28)29-4/h5-14H,1-4H3/t14-/m0/s1. The molecule has 0 aliphatic heterocycles. The molecule has 0 unspecified atom stereocenters. The number of methoxy groups -OCH3 is 1. The number of fused-ring (bicyclic) bond motifs is 1. The van der Waals surface area contributed by atoms with Gasteiger partial charge in [-0.1, -0.05) is 41.9 Å². The number of benzene rings is 2. The smallest absolute Gasteiger partial charge is 0.346 e. The molecule has 8 heteroatoms. The SMILES string of the molecule is COC(=O)[C@H](C)Oc1cccc(C=Nn2c(C(C)C)nc3ccc(Br)cc3c2=O)c1. The molecule has 0 spiro atoms. The van der Waals surface area contributed by atoms with Gasteiger partial charge in [0.05, 0.1) is 24.2 Å². The number of carbonyl (C=O) groups excluding carboxylic acids is 1. The van der Waals surface area contributed by atoms with Crippen molar-refractivity contribution in [3.05, 3.63) is 68.7 Å². The van der Waals surface area contributed by atoms with Crippen molar-refractivity contribution in [3.63, 3.8) is 0 Å². The van der Waals surface area contributed by atoms with Crippen molar-refractivity contribution >= 4 is 39.0 Å². The lowest BCUT2D eigenvalue weighted by molar-refractivity contribution is -0.147. The first-order chi connectivity index (χ1) is 14.3. The van der Waals surface area contributed by atoms with Gasteiger partial charge in [-0.25, -0.2) is 9.78 Å². The first-order valence-corrected chi connectivity index (χ1v) is 10.2. The molecule has 1 atom stereocenters. The lowest BCUT2D eigenvalue weighted by Gasteiger charge is -2.13. The van der Waals surface area contributed by atoms with Crippen LogP contribution in [-0.4, -0.2) is 35.1 Å². The van der Waals surface area contributed by atoms with Gasteiger partial charge in [0.1, 0.15) is 11.6 Å². The van der Waals surface area contributed by atoms with Crippen LogP contribution in [0.15, 0.2) is 56.8 Å². The van der Waals surface area contributed by atoms with Crippen LogP contribution in [0.4, 0.5) is 0 Å². The average molecular weight is 472 g/mol. The predicted molar refractivity (Wildman–Crippen MR) is 119 cm³/mol. The summed E-state index contributed by atoms with van der Waals surface area (Å²) in [6.07, 6.45) is 0.828. The second kappa shape index (κ2) is 9.21. The molecule has 0 aliphatic carbocycles. The highest BCUT2D eigenvalue weighted by Crippen LogP contribution is 2.19. The Balaban J connectivity index is 1.99. The van der Waals surface area contributed by atoms with Crippen LogP contribution in [0.5, 0.6) is 5.75 Å². The molecule has 0 radical (unpaired) electrons. The van der Waals surface area contributed by atoms with Crippen LogP contribution in [0.2, 0.25) is 0 Å². The van der Waals surface area contributed by atoms with Crippen molar-refractivity contribution in [3.8, 4) is 5.75 Å².